The average Bonchev–Trinajstić information content (AvgIpc) is 0.804. The predicted octanol–water partition coefficient (Wildman–Crippen LogP) is -3.07. The maximum atomic E-state index is 15.6. The van der Waals surface area contributed by atoms with E-state index >= 15 is 4.79 Å². The maximum absolute atomic E-state index is 15.6. The lowest BCUT2D eigenvalue weighted by atomic mass is 9.84. The van der Waals surface area contributed by atoms with Crippen LogP contribution in [0.2, 0.25) is 0 Å². The lowest BCUT2D eigenvalue weighted by Crippen LogP contribution is -2.65. The zero-order valence-corrected chi connectivity index (χ0v) is 76.7. The van der Waals surface area contributed by atoms with Gasteiger partial charge in [-0.2, -0.15) is 0 Å². The molecule has 1 fully saturated rings. The molecule has 732 valence electrons. The first-order valence-corrected chi connectivity index (χ1v) is 44.9. The van der Waals surface area contributed by atoms with Crippen LogP contribution in [-0.4, -0.2) is 261 Å². The van der Waals surface area contributed by atoms with E-state index in [1.165, 1.54) is 69.2 Å². The molecular formula is C84H147N21O24. The fraction of sp³-hybridized carbons (Fsp3) is 0.750. The fourth-order valence-electron chi connectivity index (χ4n) is 13.6. The van der Waals surface area contributed by atoms with Crippen molar-refractivity contribution in [2.45, 2.75) is 384 Å². The minimum atomic E-state index is -1.81. The van der Waals surface area contributed by atoms with Crippen molar-refractivity contribution in [2.75, 3.05) is 19.6 Å². The second-order valence-electron chi connectivity index (χ2n) is 33.3. The molecule has 18 amide bonds. The second-order valence-corrected chi connectivity index (χ2v) is 33.3. The van der Waals surface area contributed by atoms with Crippen LogP contribution in [-0.2, 0) is 101 Å². The van der Waals surface area contributed by atoms with E-state index in [9.17, 15) is 111 Å². The number of carboxylic acids is 3. The van der Waals surface area contributed by atoms with Crippen LogP contribution in [0.15, 0.2) is 0 Å². The molecule has 45 heteroatoms. The third-order valence-electron chi connectivity index (χ3n) is 21.7. The summed E-state index contributed by atoms with van der Waals surface area (Å²) in [7, 11) is 0. The van der Waals surface area contributed by atoms with Crippen molar-refractivity contribution in [3.63, 3.8) is 0 Å². The molecule has 0 aromatic heterocycles. The van der Waals surface area contributed by atoms with Crippen molar-refractivity contribution in [3.05, 3.63) is 0 Å². The molecule has 1 saturated carbocycles. The van der Waals surface area contributed by atoms with Crippen LogP contribution in [0.25, 0.3) is 0 Å². The van der Waals surface area contributed by atoms with Gasteiger partial charge in [0.05, 0.1) is 0 Å². The van der Waals surface area contributed by atoms with Gasteiger partial charge in [0.15, 0.2) is 0 Å². The standard InChI is InChI=1S/C84H147N21O24/c1-47(67(88)113)90-77(123)58(33-25-30-44-85)99-74(120)54(8)93-68(114)49(3)92-71(117)52(6)97-80(126)63(38-41-66(111)112)103-82(128)60(35-27-32-46-87)104-83(129)84(42-28-23-21-19-17-15-13-12-14-16-18-20-22-24-29-43-84)105-76(122)56(10)95-72(118)53(7)98-79(125)62(37-40-65(109)110)102-81(127)59(34-26-31-45-86)100-75(121)55(9)94-69(115)50(4)91-70(116)51(5)96-78(124)61(36-39-64(107)108)101-73(119)48(2)89-57(11)106/h47-56,58-63H,12-46,85-87H2,1-11H3,(H2,88,113)(H,89,106)(H,90,123)(H,91,116)(H,92,117)(H,93,114)(H,94,115)(H,95,118)(H,96,124)(H,97,126)(H,98,125)(H,99,120)(H,100,121)(H,101,119)(H,102,127)(H,103,128)(H,104,129)(H,105,122)(H,107,108)(H,109,110)(H,111,112)/t47-,48-,49-,50-,51-,52-,53-,54-,55-,56-,58-,59-,60-,61-,62-,63-/m0/s1. The Bertz CT molecular complexity index is 3710. The van der Waals surface area contributed by atoms with Gasteiger partial charge in [-0.25, -0.2) is 0 Å². The first kappa shape index (κ1) is 116. The van der Waals surface area contributed by atoms with Crippen molar-refractivity contribution in [2.24, 2.45) is 22.9 Å². The minimum Gasteiger partial charge on any atom is -0.481 e. The summed E-state index contributed by atoms with van der Waals surface area (Å²) in [5.74, 6) is -20.2. The topological polar surface area (TPSA) is 728 Å². The van der Waals surface area contributed by atoms with Gasteiger partial charge in [-0.1, -0.05) is 96.3 Å². The molecule has 1 aliphatic rings. The first-order valence-electron chi connectivity index (χ1n) is 44.9. The highest BCUT2D eigenvalue weighted by atomic mass is 16.4. The van der Waals surface area contributed by atoms with Crippen LogP contribution in [0.1, 0.15) is 282 Å². The van der Waals surface area contributed by atoms with Crippen molar-refractivity contribution < 1.29 is 116 Å². The smallest absolute Gasteiger partial charge is 0.303 e. The van der Waals surface area contributed by atoms with Gasteiger partial charge in [0.25, 0.3) is 0 Å². The Labute approximate surface area is 754 Å². The summed E-state index contributed by atoms with van der Waals surface area (Å²) in [4.78, 5) is 281. The molecular weight excluding hydrogens is 1690 g/mol. The minimum absolute atomic E-state index is 0.0187. The van der Waals surface area contributed by atoms with E-state index in [-0.39, 0.29) is 58.0 Å². The summed E-state index contributed by atoms with van der Waals surface area (Å²) >= 11 is 0. The van der Waals surface area contributed by atoms with Gasteiger partial charge in [-0.05, 0) is 179 Å². The van der Waals surface area contributed by atoms with Gasteiger partial charge in [0, 0.05) is 26.2 Å². The Morgan fingerprint density at radius 3 is 0.682 bits per heavy atom. The van der Waals surface area contributed by atoms with Crippen LogP contribution in [0.5, 0.6) is 0 Å². The summed E-state index contributed by atoms with van der Waals surface area (Å²) in [6, 6.07) is -22.5. The van der Waals surface area contributed by atoms with Crippen molar-refractivity contribution in [1.82, 2.24) is 90.4 Å². The molecule has 0 radical (unpaired) electrons. The first-order chi connectivity index (χ1) is 60.7. The number of nitrogens with two attached hydrogens (primary N) is 4. The number of carbonyl (C=O) groups excluding carboxylic acids is 18. The molecule has 0 aliphatic heterocycles. The van der Waals surface area contributed by atoms with E-state index in [0.29, 0.717) is 57.9 Å². The monoisotopic (exact) mass is 1830 g/mol. The predicted molar refractivity (Wildman–Crippen MR) is 471 cm³/mol. The zero-order chi connectivity index (χ0) is 97.6. The number of hydrogen-bond acceptors (Lipinski definition) is 24. The molecule has 1 aliphatic carbocycles. The molecule has 45 nitrogen and oxygen atoms in total. The van der Waals surface area contributed by atoms with Crippen LogP contribution in [0.3, 0.4) is 0 Å². The Morgan fingerprint density at radius 2 is 0.442 bits per heavy atom. The average molecular weight is 1840 g/mol. The van der Waals surface area contributed by atoms with E-state index in [1.807, 2.05) is 0 Å². The highest BCUT2D eigenvalue weighted by Gasteiger charge is 2.43. The molecule has 0 saturated heterocycles. The molecule has 1 rings (SSSR count). The van der Waals surface area contributed by atoms with E-state index in [0.717, 1.165) is 77.6 Å². The van der Waals surface area contributed by atoms with Gasteiger partial charge >= 0.3 is 17.9 Å². The molecule has 0 spiro atoms. The van der Waals surface area contributed by atoms with Crippen molar-refractivity contribution >= 4 is 124 Å². The molecule has 0 aromatic rings. The summed E-state index contributed by atoms with van der Waals surface area (Å²) in [6.45, 7) is 14.5. The number of unbranched alkanes of at least 4 members (excludes halogenated alkanes) is 3. The van der Waals surface area contributed by atoms with Gasteiger partial charge < -0.3 is 129 Å². The van der Waals surface area contributed by atoms with E-state index in [1.54, 1.807) is 0 Å². The fourth-order valence-corrected chi connectivity index (χ4v) is 13.6. The van der Waals surface area contributed by atoms with Gasteiger partial charge in [-0.15, -0.1) is 0 Å². The molecule has 129 heavy (non-hydrogen) atoms. The number of carboxylic acid groups (broad SMARTS) is 3. The number of amides is 18. The summed E-state index contributed by atoms with van der Waals surface area (Å²) in [5, 5.41) is 71.2. The maximum Gasteiger partial charge on any atom is 0.303 e. The Morgan fingerprint density at radius 1 is 0.248 bits per heavy atom. The zero-order valence-electron chi connectivity index (χ0n) is 76.7. The van der Waals surface area contributed by atoms with Gasteiger partial charge in [-0.3, -0.25) is 101 Å². The number of nitrogens with one attached hydrogen (secondary N) is 17. The number of aliphatic carboxylic acids is 3. The van der Waals surface area contributed by atoms with Crippen molar-refractivity contribution in [3.8, 4) is 0 Å². The van der Waals surface area contributed by atoms with E-state index < -0.39 is 265 Å². The van der Waals surface area contributed by atoms with Crippen LogP contribution < -0.4 is 113 Å². The Hall–Kier alpha value is -11.2. The molecule has 0 heterocycles. The molecule has 16 atom stereocenters. The largest absolute Gasteiger partial charge is 0.481 e. The van der Waals surface area contributed by atoms with Crippen LogP contribution >= 0.6 is 0 Å². The number of primary amides is 1. The third kappa shape index (κ3) is 47.6. The van der Waals surface area contributed by atoms with Gasteiger partial charge in [0.1, 0.15) is 102 Å². The van der Waals surface area contributed by atoms with E-state index in [4.69, 9.17) is 22.9 Å². The van der Waals surface area contributed by atoms with Crippen LogP contribution in [0.4, 0.5) is 0 Å². The quantitative estimate of drug-likeness (QED) is 0.0269. The summed E-state index contributed by atoms with van der Waals surface area (Å²) in [5.41, 5.74) is 20.8. The number of carbonyl (C=O) groups is 21. The second kappa shape index (κ2) is 62.9. The summed E-state index contributed by atoms with van der Waals surface area (Å²) in [6.07, 6.45) is 11.2. The Kier molecular flexibility index (Phi) is 56.4. The number of hydrogen-bond donors (Lipinski definition) is 24. The molecule has 0 unspecified atom stereocenters. The highest BCUT2D eigenvalue weighted by Crippen LogP contribution is 2.27. The molecule has 0 bridgehead atoms. The van der Waals surface area contributed by atoms with E-state index in [2.05, 4.69) is 90.4 Å². The third-order valence-corrected chi connectivity index (χ3v) is 21.7. The van der Waals surface area contributed by atoms with Gasteiger partial charge in [0.2, 0.25) is 106 Å². The van der Waals surface area contributed by atoms with Crippen molar-refractivity contribution in [1.29, 1.82) is 0 Å². The van der Waals surface area contributed by atoms with Crippen LogP contribution in [0, 0.1) is 0 Å². The molecule has 0 aromatic carbocycles. The SMILES string of the molecule is CC(=O)N[C@@H](C)C(=O)N[C@@H](CCC(=O)O)C(=O)N[C@@H](C)C(=O)N[C@@H](C)C(=O)N[C@@H](C)C(=O)N[C@@H](CCCCN)C(=O)N[C@@H](CCC(=O)O)C(=O)N[C@@H](C)C(=O)N[C@@H](C)C(=O)NC1(C(=O)N[C@@H](CCCCN)C(=O)N[C@@H](CCC(=O)O)C(=O)N[C@@H](C)C(=O)N[C@@H](C)C(=O)N[C@@H](C)C(=O)N[C@@H](CCCCN)C(=O)N[C@@H](C)C(N)=O)CCCCCCCCCCCCCCCCC1. The number of rotatable bonds is 55. The highest BCUT2D eigenvalue weighted by molar-refractivity contribution is 6.02. The molecule has 28 N–H and O–H groups in total. The Balaban J connectivity index is 3.63. The normalized spacial score (nSPS) is 17.0. The lowest BCUT2D eigenvalue weighted by molar-refractivity contribution is -0.140. The lowest BCUT2D eigenvalue weighted by Gasteiger charge is -2.36. The summed E-state index contributed by atoms with van der Waals surface area (Å²) < 4.78 is 0.